The normalized spacial score (nSPS) is 12.2. The van der Waals surface area contributed by atoms with E-state index in [-0.39, 0.29) is 18.0 Å². The van der Waals surface area contributed by atoms with Crippen LogP contribution in [0.25, 0.3) is 0 Å². The largest absolute Gasteiger partial charge is 0.434 e. The molecule has 1 aromatic heterocycles. The van der Waals surface area contributed by atoms with Crippen molar-refractivity contribution in [2.75, 3.05) is 18.1 Å². The highest BCUT2D eigenvalue weighted by molar-refractivity contribution is 7.90. The summed E-state index contributed by atoms with van der Waals surface area (Å²) in [5.74, 6) is 0. The molecule has 0 bridgehead atoms. The number of benzene rings is 1. The predicted molar refractivity (Wildman–Crippen MR) is 85.5 cm³/mol. The summed E-state index contributed by atoms with van der Waals surface area (Å²) in [6, 6.07) is 3.51. The molecule has 0 aliphatic heterocycles. The minimum absolute atomic E-state index is 0.186. The molecule has 1 aromatic carbocycles. The van der Waals surface area contributed by atoms with Gasteiger partial charge in [0.2, 0.25) is 0 Å². The van der Waals surface area contributed by atoms with Crippen LogP contribution in [-0.4, -0.2) is 31.1 Å². The SMILES string of the molecule is CS(=O)(=O)c1cc(NCCc2nc(C(F)(F)F)cs2)ccc1[N+](=O)[O-]. The summed E-state index contributed by atoms with van der Waals surface area (Å²) in [4.78, 5) is 13.1. The molecule has 7 nitrogen and oxygen atoms in total. The Morgan fingerprint density at radius 2 is 2.04 bits per heavy atom. The zero-order valence-electron chi connectivity index (χ0n) is 12.7. The quantitative estimate of drug-likeness (QED) is 0.596. The second-order valence-corrected chi connectivity index (χ2v) is 7.94. The highest BCUT2D eigenvalue weighted by Gasteiger charge is 2.33. The Morgan fingerprint density at radius 1 is 1.36 bits per heavy atom. The zero-order chi connectivity index (χ0) is 18.8. The molecular weight excluding hydrogens is 383 g/mol. The van der Waals surface area contributed by atoms with E-state index in [2.05, 4.69) is 10.3 Å². The van der Waals surface area contributed by atoms with E-state index in [0.717, 1.165) is 35.1 Å². The number of rotatable bonds is 6. The van der Waals surface area contributed by atoms with E-state index in [0.29, 0.717) is 5.69 Å². The number of nitrogens with zero attached hydrogens (tertiary/aromatic N) is 2. The molecule has 0 saturated heterocycles. The number of nitrogens with one attached hydrogen (secondary N) is 1. The number of anilines is 1. The van der Waals surface area contributed by atoms with Gasteiger partial charge in [-0.15, -0.1) is 11.3 Å². The fourth-order valence-corrected chi connectivity index (χ4v) is 3.61. The van der Waals surface area contributed by atoms with Crippen molar-refractivity contribution in [3.05, 3.63) is 44.4 Å². The topological polar surface area (TPSA) is 102 Å². The van der Waals surface area contributed by atoms with Crippen molar-refractivity contribution >= 4 is 32.5 Å². The first kappa shape index (κ1) is 19.1. The number of hydrogen-bond acceptors (Lipinski definition) is 7. The van der Waals surface area contributed by atoms with Crippen molar-refractivity contribution in [1.29, 1.82) is 0 Å². The molecule has 0 aliphatic carbocycles. The first-order valence-electron chi connectivity index (χ1n) is 6.72. The first-order valence-corrected chi connectivity index (χ1v) is 9.49. The highest BCUT2D eigenvalue weighted by atomic mass is 32.2. The van der Waals surface area contributed by atoms with E-state index in [1.165, 1.54) is 6.07 Å². The van der Waals surface area contributed by atoms with Crippen LogP contribution in [0.3, 0.4) is 0 Å². The van der Waals surface area contributed by atoms with Crippen LogP contribution < -0.4 is 5.32 Å². The monoisotopic (exact) mass is 395 g/mol. The molecule has 0 aliphatic rings. The summed E-state index contributed by atoms with van der Waals surface area (Å²) < 4.78 is 60.7. The average molecular weight is 395 g/mol. The molecule has 0 saturated carbocycles. The van der Waals surface area contributed by atoms with Gasteiger partial charge in [-0.05, 0) is 12.1 Å². The lowest BCUT2D eigenvalue weighted by Crippen LogP contribution is -2.09. The number of sulfone groups is 1. The summed E-state index contributed by atoms with van der Waals surface area (Å²) >= 11 is 0.869. The predicted octanol–water partition coefficient (Wildman–Crippen LogP) is 3.13. The van der Waals surface area contributed by atoms with Gasteiger partial charge in [0.1, 0.15) is 4.90 Å². The van der Waals surface area contributed by atoms with E-state index in [4.69, 9.17) is 0 Å². The molecule has 0 fully saturated rings. The Labute approximate surface area is 144 Å². The van der Waals surface area contributed by atoms with Crippen molar-refractivity contribution in [1.82, 2.24) is 4.98 Å². The molecule has 0 spiro atoms. The number of alkyl halides is 3. The number of thiazole rings is 1. The third-order valence-electron chi connectivity index (χ3n) is 3.07. The molecule has 1 N–H and O–H groups in total. The number of halogens is 3. The van der Waals surface area contributed by atoms with E-state index in [1.807, 2.05) is 0 Å². The van der Waals surface area contributed by atoms with Gasteiger partial charge in [0, 0.05) is 36.4 Å². The summed E-state index contributed by atoms with van der Waals surface area (Å²) in [6.07, 6.45) is -3.45. The summed E-state index contributed by atoms with van der Waals surface area (Å²) in [5, 5.41) is 14.9. The second kappa shape index (κ2) is 6.96. The Bertz CT molecular complexity index is 894. The van der Waals surface area contributed by atoms with Crippen LogP contribution in [0.1, 0.15) is 10.7 Å². The van der Waals surface area contributed by atoms with Crippen molar-refractivity contribution in [2.45, 2.75) is 17.5 Å². The van der Waals surface area contributed by atoms with E-state index in [9.17, 15) is 31.7 Å². The second-order valence-electron chi connectivity index (χ2n) is 5.01. The van der Waals surface area contributed by atoms with Gasteiger partial charge in [0.25, 0.3) is 5.69 Å². The number of nitro groups is 1. The van der Waals surface area contributed by atoms with Crippen molar-refractivity contribution in [3.8, 4) is 0 Å². The van der Waals surface area contributed by atoms with Gasteiger partial charge in [-0.2, -0.15) is 13.2 Å². The maximum atomic E-state index is 12.5. The summed E-state index contributed by atoms with van der Waals surface area (Å²) in [6.45, 7) is 0.186. The maximum absolute atomic E-state index is 12.5. The lowest BCUT2D eigenvalue weighted by Gasteiger charge is -2.07. The minimum Gasteiger partial charge on any atom is -0.385 e. The number of nitro benzene ring substituents is 1. The lowest BCUT2D eigenvalue weighted by molar-refractivity contribution is -0.387. The van der Waals surface area contributed by atoms with Gasteiger partial charge in [-0.3, -0.25) is 10.1 Å². The van der Waals surface area contributed by atoms with Gasteiger partial charge in [0.05, 0.1) is 9.93 Å². The van der Waals surface area contributed by atoms with Gasteiger partial charge in [-0.1, -0.05) is 0 Å². The van der Waals surface area contributed by atoms with Crippen LogP contribution >= 0.6 is 11.3 Å². The highest BCUT2D eigenvalue weighted by Crippen LogP contribution is 2.30. The molecule has 136 valence electrons. The zero-order valence-corrected chi connectivity index (χ0v) is 14.3. The number of aromatic nitrogens is 1. The molecule has 25 heavy (non-hydrogen) atoms. The molecule has 2 rings (SSSR count). The van der Waals surface area contributed by atoms with Gasteiger partial charge in [0.15, 0.2) is 15.5 Å². The van der Waals surface area contributed by atoms with Crippen molar-refractivity contribution in [3.63, 3.8) is 0 Å². The Hall–Kier alpha value is -2.21. The Morgan fingerprint density at radius 3 is 2.56 bits per heavy atom. The third kappa shape index (κ3) is 4.89. The van der Waals surface area contributed by atoms with Gasteiger partial charge in [-0.25, -0.2) is 13.4 Å². The molecule has 2 aromatic rings. The Kier molecular flexibility index (Phi) is 5.32. The molecule has 0 radical (unpaired) electrons. The van der Waals surface area contributed by atoms with E-state index < -0.39 is 37.2 Å². The van der Waals surface area contributed by atoms with Crippen LogP contribution in [0, 0.1) is 10.1 Å². The molecule has 1 heterocycles. The molecule has 0 unspecified atom stereocenters. The average Bonchev–Trinajstić information content (AvgIpc) is 2.95. The van der Waals surface area contributed by atoms with Gasteiger partial charge >= 0.3 is 6.18 Å². The van der Waals surface area contributed by atoms with Crippen LogP contribution in [0.2, 0.25) is 0 Å². The summed E-state index contributed by atoms with van der Waals surface area (Å²) in [7, 11) is -3.81. The smallest absolute Gasteiger partial charge is 0.385 e. The third-order valence-corrected chi connectivity index (χ3v) is 5.10. The molecule has 0 amide bonds. The van der Waals surface area contributed by atoms with E-state index in [1.54, 1.807) is 0 Å². The molecule has 0 atom stereocenters. The summed E-state index contributed by atoms with van der Waals surface area (Å²) in [5.41, 5.74) is -1.19. The molecule has 12 heteroatoms. The number of hydrogen-bond donors (Lipinski definition) is 1. The standard InChI is InChI=1S/C13H12F3N3O4S2/c1-25(22,23)10-6-8(2-3-9(10)19(20)21)17-5-4-12-18-11(7-24-12)13(14,15)16/h2-3,6-7,17H,4-5H2,1H3. The van der Waals surface area contributed by atoms with Crippen molar-refractivity contribution < 1.29 is 26.5 Å². The fourth-order valence-electron chi connectivity index (χ4n) is 1.94. The van der Waals surface area contributed by atoms with Crippen LogP contribution in [0.5, 0.6) is 0 Å². The van der Waals surface area contributed by atoms with Gasteiger partial charge < -0.3 is 5.32 Å². The lowest BCUT2D eigenvalue weighted by atomic mass is 10.2. The fraction of sp³-hybridized carbons (Fsp3) is 0.308. The van der Waals surface area contributed by atoms with Crippen LogP contribution in [0.4, 0.5) is 24.5 Å². The van der Waals surface area contributed by atoms with Crippen LogP contribution in [-0.2, 0) is 22.4 Å². The minimum atomic E-state index is -4.50. The van der Waals surface area contributed by atoms with Crippen molar-refractivity contribution in [2.24, 2.45) is 0 Å². The van der Waals surface area contributed by atoms with E-state index >= 15 is 0 Å². The maximum Gasteiger partial charge on any atom is 0.434 e. The first-order chi connectivity index (χ1) is 11.5. The molecular formula is C13H12F3N3O4S2. The Balaban J connectivity index is 2.09. The van der Waals surface area contributed by atoms with Crippen LogP contribution in [0.15, 0.2) is 28.5 Å².